The summed E-state index contributed by atoms with van der Waals surface area (Å²) in [6, 6.07) is 10.2. The van der Waals surface area contributed by atoms with Gasteiger partial charge in [0.2, 0.25) is 0 Å². The predicted molar refractivity (Wildman–Crippen MR) is 55.8 cm³/mol. The third kappa shape index (κ3) is 2.14. The maximum Gasteiger partial charge on any atom is 0.273 e. The van der Waals surface area contributed by atoms with Gasteiger partial charge in [0, 0.05) is 11.8 Å². The van der Waals surface area contributed by atoms with Crippen LogP contribution in [0.4, 0.5) is 5.69 Å². The first-order valence-corrected chi connectivity index (χ1v) is 4.40. The van der Waals surface area contributed by atoms with Crippen LogP contribution in [0.5, 0.6) is 0 Å². The van der Waals surface area contributed by atoms with Gasteiger partial charge in [-0.3, -0.25) is 19.8 Å². The smallest absolute Gasteiger partial charge is 0.273 e. The highest BCUT2D eigenvalue weighted by Crippen LogP contribution is 2.06. The molecule has 5 nitrogen and oxygen atoms in total. The monoisotopic (exact) mass is 203 g/mol. The summed E-state index contributed by atoms with van der Waals surface area (Å²) < 4.78 is 0. The second kappa shape index (κ2) is 3.83. The highest BCUT2D eigenvalue weighted by atomic mass is 16.2. The molecule has 0 aliphatic carbocycles. The zero-order valence-electron chi connectivity index (χ0n) is 7.78. The first-order valence-electron chi connectivity index (χ1n) is 4.40. The van der Waals surface area contributed by atoms with Gasteiger partial charge in [0.05, 0.1) is 0 Å². The van der Waals surface area contributed by atoms with Crippen LogP contribution in [-0.2, 0) is 0 Å². The van der Waals surface area contributed by atoms with E-state index >= 15 is 0 Å². The third-order valence-electron chi connectivity index (χ3n) is 1.87. The molecule has 3 N–H and O–H groups in total. The molecule has 1 amide bonds. The highest BCUT2D eigenvalue weighted by molar-refractivity contribution is 6.02. The second-order valence-electron chi connectivity index (χ2n) is 2.99. The molecular weight excluding hydrogens is 194 g/mol. The van der Waals surface area contributed by atoms with Crippen LogP contribution in [0.25, 0.3) is 0 Å². The normalized spacial score (nSPS) is 9.87. The van der Waals surface area contributed by atoms with Crippen LogP contribution in [0.15, 0.2) is 41.2 Å². The molecule has 15 heavy (non-hydrogen) atoms. The molecule has 2 aromatic rings. The van der Waals surface area contributed by atoms with E-state index in [0.29, 0.717) is 5.69 Å². The molecule has 0 atom stereocenters. The minimum atomic E-state index is -0.348. The van der Waals surface area contributed by atoms with Gasteiger partial charge in [0.1, 0.15) is 5.69 Å². The van der Waals surface area contributed by atoms with Gasteiger partial charge in [0.15, 0.2) is 0 Å². The van der Waals surface area contributed by atoms with Crippen LogP contribution in [0.1, 0.15) is 10.5 Å². The number of aromatic amines is 2. The van der Waals surface area contributed by atoms with Crippen LogP contribution >= 0.6 is 0 Å². The van der Waals surface area contributed by atoms with Crippen LogP contribution in [0.2, 0.25) is 0 Å². The van der Waals surface area contributed by atoms with E-state index in [1.165, 1.54) is 6.07 Å². The van der Waals surface area contributed by atoms with Crippen molar-refractivity contribution in [3.8, 4) is 0 Å². The number of aromatic nitrogens is 2. The highest BCUT2D eigenvalue weighted by Gasteiger charge is 2.07. The van der Waals surface area contributed by atoms with E-state index in [9.17, 15) is 9.59 Å². The Labute approximate surface area is 85.1 Å². The molecule has 1 heterocycles. The third-order valence-corrected chi connectivity index (χ3v) is 1.87. The Bertz CT molecular complexity index is 513. The summed E-state index contributed by atoms with van der Waals surface area (Å²) in [5.74, 6) is -0.348. The Morgan fingerprint density at radius 2 is 1.87 bits per heavy atom. The SMILES string of the molecule is O=C(Nc1ccccc1)c1cc(=O)[nH][nH]1. The number of rotatable bonds is 2. The largest absolute Gasteiger partial charge is 0.321 e. The Morgan fingerprint density at radius 3 is 2.47 bits per heavy atom. The number of hydrogen-bond acceptors (Lipinski definition) is 2. The van der Waals surface area contributed by atoms with Gasteiger partial charge in [-0.2, -0.15) is 0 Å². The molecule has 0 saturated heterocycles. The number of carbonyl (C=O) groups is 1. The summed E-state index contributed by atoms with van der Waals surface area (Å²) in [5, 5.41) is 7.41. The lowest BCUT2D eigenvalue weighted by atomic mass is 10.3. The van der Waals surface area contributed by atoms with Crippen LogP contribution in [0.3, 0.4) is 0 Å². The minimum absolute atomic E-state index is 0.212. The van der Waals surface area contributed by atoms with E-state index in [0.717, 1.165) is 0 Å². The topological polar surface area (TPSA) is 77.8 Å². The fraction of sp³-hybridized carbons (Fsp3) is 0. The minimum Gasteiger partial charge on any atom is -0.321 e. The second-order valence-corrected chi connectivity index (χ2v) is 2.99. The zero-order chi connectivity index (χ0) is 10.7. The molecule has 0 saturated carbocycles. The summed E-state index contributed by atoms with van der Waals surface area (Å²) in [6.45, 7) is 0. The summed E-state index contributed by atoms with van der Waals surface area (Å²) in [5.41, 5.74) is 0.571. The van der Waals surface area contributed by atoms with Gasteiger partial charge in [-0.15, -0.1) is 0 Å². The van der Waals surface area contributed by atoms with Gasteiger partial charge in [-0.25, -0.2) is 0 Å². The van der Waals surface area contributed by atoms with Crippen molar-refractivity contribution in [1.29, 1.82) is 0 Å². The average Bonchev–Trinajstić information content (AvgIpc) is 2.66. The number of nitrogens with one attached hydrogen (secondary N) is 3. The Hall–Kier alpha value is -2.30. The number of H-pyrrole nitrogens is 2. The lowest BCUT2D eigenvalue weighted by Gasteiger charge is -2.01. The fourth-order valence-corrected chi connectivity index (χ4v) is 1.17. The molecule has 1 aromatic heterocycles. The van der Waals surface area contributed by atoms with Crippen LogP contribution < -0.4 is 10.9 Å². The molecule has 5 heteroatoms. The van der Waals surface area contributed by atoms with Gasteiger partial charge in [-0.05, 0) is 12.1 Å². The Kier molecular flexibility index (Phi) is 2.37. The molecule has 0 aliphatic heterocycles. The molecular formula is C10H9N3O2. The zero-order valence-corrected chi connectivity index (χ0v) is 7.78. The van der Waals surface area contributed by atoms with E-state index in [-0.39, 0.29) is 17.2 Å². The van der Waals surface area contributed by atoms with Crippen molar-refractivity contribution in [2.75, 3.05) is 5.32 Å². The average molecular weight is 203 g/mol. The van der Waals surface area contributed by atoms with Gasteiger partial charge >= 0.3 is 0 Å². The first-order chi connectivity index (χ1) is 7.25. The van der Waals surface area contributed by atoms with E-state index in [2.05, 4.69) is 15.5 Å². The molecule has 0 radical (unpaired) electrons. The van der Waals surface area contributed by atoms with Crippen molar-refractivity contribution in [3.63, 3.8) is 0 Å². The van der Waals surface area contributed by atoms with Crippen molar-refractivity contribution >= 4 is 11.6 Å². The summed E-state index contributed by atoms with van der Waals surface area (Å²) >= 11 is 0. The van der Waals surface area contributed by atoms with Crippen molar-refractivity contribution in [2.45, 2.75) is 0 Å². The standard InChI is InChI=1S/C10H9N3O2/c14-9-6-8(12-13-9)10(15)11-7-4-2-1-3-5-7/h1-6H,(H,11,15)(H2,12,13,14). The van der Waals surface area contributed by atoms with Crippen molar-refractivity contribution in [1.82, 2.24) is 10.2 Å². The Morgan fingerprint density at radius 1 is 1.13 bits per heavy atom. The van der Waals surface area contributed by atoms with Crippen molar-refractivity contribution in [2.24, 2.45) is 0 Å². The van der Waals surface area contributed by atoms with Gasteiger partial charge in [0.25, 0.3) is 11.5 Å². The number of hydrogen-bond donors (Lipinski definition) is 3. The van der Waals surface area contributed by atoms with Crippen LogP contribution in [-0.4, -0.2) is 16.1 Å². The number of amides is 1. The summed E-state index contributed by atoms with van der Waals surface area (Å²) in [6.07, 6.45) is 0. The van der Waals surface area contributed by atoms with Crippen molar-refractivity contribution < 1.29 is 4.79 Å². The quantitative estimate of drug-likeness (QED) is 0.679. The number of benzene rings is 1. The summed E-state index contributed by atoms with van der Waals surface area (Å²) in [7, 11) is 0. The first kappa shape index (κ1) is 9.26. The molecule has 0 fully saturated rings. The lowest BCUT2D eigenvalue weighted by molar-refractivity contribution is 0.102. The summed E-state index contributed by atoms with van der Waals surface area (Å²) in [4.78, 5) is 22.3. The number of para-hydroxylation sites is 1. The molecule has 0 bridgehead atoms. The maximum atomic E-state index is 11.5. The number of anilines is 1. The van der Waals surface area contributed by atoms with Gasteiger partial charge in [-0.1, -0.05) is 18.2 Å². The van der Waals surface area contributed by atoms with E-state index in [1.54, 1.807) is 12.1 Å². The van der Waals surface area contributed by atoms with Crippen LogP contribution in [0, 0.1) is 0 Å². The molecule has 2 rings (SSSR count). The molecule has 0 aliphatic rings. The predicted octanol–water partition coefficient (Wildman–Crippen LogP) is 0.955. The number of carbonyl (C=O) groups excluding carboxylic acids is 1. The molecule has 1 aromatic carbocycles. The molecule has 76 valence electrons. The molecule has 0 spiro atoms. The van der Waals surface area contributed by atoms with Gasteiger partial charge < -0.3 is 5.32 Å². The molecule has 0 unspecified atom stereocenters. The maximum absolute atomic E-state index is 11.5. The van der Waals surface area contributed by atoms with E-state index < -0.39 is 0 Å². The van der Waals surface area contributed by atoms with Crippen molar-refractivity contribution in [3.05, 3.63) is 52.4 Å². The van der Waals surface area contributed by atoms with E-state index in [4.69, 9.17) is 0 Å². The van der Waals surface area contributed by atoms with E-state index in [1.807, 2.05) is 18.2 Å². The fourth-order valence-electron chi connectivity index (χ4n) is 1.17. The Balaban J connectivity index is 2.14. The lowest BCUT2D eigenvalue weighted by Crippen LogP contribution is -2.12.